The molecule has 0 aliphatic heterocycles. The number of nitrogens with zero attached hydrogens (tertiary/aromatic N) is 2. The van der Waals surface area contributed by atoms with Crippen LogP contribution in [0.1, 0.15) is 5.56 Å². The molecule has 0 aliphatic rings. The first kappa shape index (κ1) is 11.1. The fourth-order valence-corrected chi connectivity index (χ4v) is 1.33. The zero-order chi connectivity index (χ0) is 12.1. The first-order chi connectivity index (χ1) is 8.28. The predicted octanol–water partition coefficient (Wildman–Crippen LogP) is 0.786. The fraction of sp³-hybridized carbons (Fsp3) is 0.182. The molecule has 0 amide bonds. The van der Waals surface area contributed by atoms with Crippen LogP contribution in [0.15, 0.2) is 35.3 Å². The van der Waals surface area contributed by atoms with Crippen LogP contribution in [-0.4, -0.2) is 22.3 Å². The van der Waals surface area contributed by atoms with Crippen LogP contribution in [0.2, 0.25) is 0 Å². The highest BCUT2D eigenvalue weighted by atomic mass is 16.5. The molecule has 0 spiro atoms. The van der Waals surface area contributed by atoms with E-state index in [1.807, 2.05) is 24.3 Å². The Hall–Kier alpha value is -2.37. The zero-order valence-electron chi connectivity index (χ0n) is 9.30. The highest BCUT2D eigenvalue weighted by Crippen LogP contribution is 2.11. The summed E-state index contributed by atoms with van der Waals surface area (Å²) in [6.07, 6.45) is 1.46. The molecular weight excluding hydrogens is 220 g/mol. The average Bonchev–Trinajstić information content (AvgIpc) is 2.37. The van der Waals surface area contributed by atoms with E-state index in [2.05, 4.69) is 20.5 Å². The summed E-state index contributed by atoms with van der Waals surface area (Å²) in [5, 5.41) is 8.86. The van der Waals surface area contributed by atoms with Crippen molar-refractivity contribution in [3.8, 4) is 5.75 Å². The molecule has 0 aliphatic carbocycles. The Kier molecular flexibility index (Phi) is 3.34. The molecule has 0 fully saturated rings. The van der Waals surface area contributed by atoms with Crippen LogP contribution >= 0.6 is 0 Å². The van der Waals surface area contributed by atoms with Gasteiger partial charge in [0.1, 0.15) is 5.75 Å². The average molecular weight is 232 g/mol. The second kappa shape index (κ2) is 5.11. The number of hydrogen-bond donors (Lipinski definition) is 2. The molecule has 6 nitrogen and oxygen atoms in total. The third-order valence-electron chi connectivity index (χ3n) is 2.20. The van der Waals surface area contributed by atoms with Gasteiger partial charge in [-0.1, -0.05) is 12.1 Å². The van der Waals surface area contributed by atoms with E-state index < -0.39 is 5.69 Å². The van der Waals surface area contributed by atoms with Crippen molar-refractivity contribution in [1.82, 2.24) is 15.2 Å². The second-order valence-electron chi connectivity index (χ2n) is 3.37. The van der Waals surface area contributed by atoms with Gasteiger partial charge in [-0.15, -0.1) is 0 Å². The van der Waals surface area contributed by atoms with Crippen LogP contribution < -0.4 is 15.7 Å². The maximum Gasteiger partial charge on any atom is 0.363 e. The van der Waals surface area contributed by atoms with Gasteiger partial charge in [-0.3, -0.25) is 0 Å². The summed E-state index contributed by atoms with van der Waals surface area (Å²) >= 11 is 0. The molecule has 0 saturated heterocycles. The number of hydrogen-bond acceptors (Lipinski definition) is 5. The summed E-state index contributed by atoms with van der Waals surface area (Å²) in [5.74, 6) is 1.26. The molecule has 0 saturated carbocycles. The van der Waals surface area contributed by atoms with Gasteiger partial charge in [0.05, 0.1) is 13.3 Å². The third kappa shape index (κ3) is 3.04. The lowest BCUT2D eigenvalue weighted by Gasteiger charge is -2.05. The van der Waals surface area contributed by atoms with E-state index in [0.717, 1.165) is 11.3 Å². The lowest BCUT2D eigenvalue weighted by molar-refractivity contribution is 0.414. The van der Waals surface area contributed by atoms with Crippen LogP contribution in [0, 0.1) is 0 Å². The maximum absolute atomic E-state index is 10.9. The van der Waals surface area contributed by atoms with Crippen LogP contribution in [0.4, 0.5) is 5.82 Å². The first-order valence-electron chi connectivity index (χ1n) is 5.06. The molecular formula is C11H12N4O2. The number of ether oxygens (including phenoxy) is 1. The van der Waals surface area contributed by atoms with Crippen LogP contribution in [0.3, 0.4) is 0 Å². The molecule has 1 aromatic heterocycles. The minimum Gasteiger partial charge on any atom is -0.497 e. The summed E-state index contributed by atoms with van der Waals surface area (Å²) in [7, 11) is 1.62. The monoisotopic (exact) mass is 232 g/mol. The van der Waals surface area contributed by atoms with Gasteiger partial charge in [0, 0.05) is 6.54 Å². The zero-order valence-corrected chi connectivity index (χ0v) is 9.30. The van der Waals surface area contributed by atoms with Gasteiger partial charge >= 0.3 is 5.69 Å². The second-order valence-corrected chi connectivity index (χ2v) is 3.37. The summed E-state index contributed by atoms with van der Waals surface area (Å²) in [6, 6.07) is 7.62. The van der Waals surface area contributed by atoms with Crippen molar-refractivity contribution >= 4 is 5.82 Å². The molecule has 0 bridgehead atoms. The number of aromatic nitrogens is 3. The van der Waals surface area contributed by atoms with Crippen LogP contribution in [0.5, 0.6) is 5.75 Å². The fourth-order valence-electron chi connectivity index (χ4n) is 1.33. The standard InChI is InChI=1S/C11H12N4O2/c1-17-9-4-2-8(3-5-9)6-12-10-7-13-15-11(16)14-10/h2-5,7H,6H2,1H3,(H2,12,14,15,16). The van der Waals surface area contributed by atoms with Gasteiger partial charge in [0.2, 0.25) is 0 Å². The Morgan fingerprint density at radius 3 is 2.76 bits per heavy atom. The van der Waals surface area contributed by atoms with Crippen molar-refractivity contribution in [1.29, 1.82) is 0 Å². The van der Waals surface area contributed by atoms with Gasteiger partial charge in [-0.25, -0.2) is 9.89 Å². The third-order valence-corrected chi connectivity index (χ3v) is 2.20. The number of rotatable bonds is 4. The summed E-state index contributed by atoms with van der Waals surface area (Å²) in [4.78, 5) is 14.6. The molecule has 2 aromatic rings. The van der Waals surface area contributed by atoms with E-state index >= 15 is 0 Å². The number of H-pyrrole nitrogens is 1. The van der Waals surface area contributed by atoms with Crippen molar-refractivity contribution in [2.24, 2.45) is 0 Å². The van der Waals surface area contributed by atoms with E-state index in [1.54, 1.807) is 7.11 Å². The van der Waals surface area contributed by atoms with Crippen molar-refractivity contribution in [2.45, 2.75) is 6.54 Å². The molecule has 1 aromatic carbocycles. The van der Waals surface area contributed by atoms with Crippen molar-refractivity contribution in [2.75, 3.05) is 12.4 Å². The smallest absolute Gasteiger partial charge is 0.363 e. The number of nitrogens with one attached hydrogen (secondary N) is 2. The van der Waals surface area contributed by atoms with Crippen molar-refractivity contribution in [3.63, 3.8) is 0 Å². The molecule has 1 heterocycles. The molecule has 2 N–H and O–H groups in total. The lowest BCUT2D eigenvalue weighted by Crippen LogP contribution is -2.14. The molecule has 0 unspecified atom stereocenters. The number of anilines is 1. The molecule has 0 radical (unpaired) electrons. The number of benzene rings is 1. The molecule has 17 heavy (non-hydrogen) atoms. The Bertz CT molecular complexity index is 536. The molecule has 2 rings (SSSR count). The van der Waals surface area contributed by atoms with Crippen molar-refractivity contribution in [3.05, 3.63) is 46.5 Å². The maximum atomic E-state index is 10.9. The van der Waals surface area contributed by atoms with E-state index in [0.29, 0.717) is 12.4 Å². The van der Waals surface area contributed by atoms with Gasteiger partial charge in [0.15, 0.2) is 5.82 Å². The minimum atomic E-state index is -0.468. The Balaban J connectivity index is 1.99. The quantitative estimate of drug-likeness (QED) is 0.814. The predicted molar refractivity (Wildman–Crippen MR) is 63.0 cm³/mol. The molecule has 6 heteroatoms. The first-order valence-corrected chi connectivity index (χ1v) is 5.06. The van der Waals surface area contributed by atoms with Crippen molar-refractivity contribution < 1.29 is 4.74 Å². The highest BCUT2D eigenvalue weighted by molar-refractivity contribution is 5.33. The van der Waals surface area contributed by atoms with Crippen LogP contribution in [0.25, 0.3) is 0 Å². The van der Waals surface area contributed by atoms with Gasteiger partial charge in [0.25, 0.3) is 0 Å². The Morgan fingerprint density at radius 2 is 2.12 bits per heavy atom. The van der Waals surface area contributed by atoms with E-state index in [9.17, 15) is 4.79 Å². The van der Waals surface area contributed by atoms with Crippen LogP contribution in [-0.2, 0) is 6.54 Å². The SMILES string of the molecule is COc1ccc(CNc2cn[nH]c(=O)n2)cc1. The molecule has 88 valence electrons. The number of methoxy groups -OCH3 is 1. The number of aromatic amines is 1. The highest BCUT2D eigenvalue weighted by Gasteiger charge is 1.97. The van der Waals surface area contributed by atoms with E-state index in [-0.39, 0.29) is 0 Å². The Labute approximate surface area is 97.7 Å². The Morgan fingerprint density at radius 1 is 1.35 bits per heavy atom. The topological polar surface area (TPSA) is 79.9 Å². The molecule has 0 atom stereocenters. The van der Waals surface area contributed by atoms with E-state index in [4.69, 9.17) is 4.74 Å². The van der Waals surface area contributed by atoms with E-state index in [1.165, 1.54) is 6.20 Å². The largest absolute Gasteiger partial charge is 0.497 e. The summed E-state index contributed by atoms with van der Waals surface area (Å²) in [5.41, 5.74) is 0.595. The lowest BCUT2D eigenvalue weighted by atomic mass is 10.2. The summed E-state index contributed by atoms with van der Waals surface area (Å²) < 4.78 is 5.06. The van der Waals surface area contributed by atoms with Gasteiger partial charge in [-0.2, -0.15) is 10.1 Å². The van der Waals surface area contributed by atoms with Gasteiger partial charge in [-0.05, 0) is 17.7 Å². The normalized spacial score (nSPS) is 9.94. The summed E-state index contributed by atoms with van der Waals surface area (Å²) in [6.45, 7) is 0.572. The minimum absolute atomic E-state index is 0.449. The van der Waals surface area contributed by atoms with Gasteiger partial charge < -0.3 is 10.1 Å².